The first-order valence-corrected chi connectivity index (χ1v) is 11.2. The van der Waals surface area contributed by atoms with Gasteiger partial charge in [-0.15, -0.1) is 0 Å². The van der Waals surface area contributed by atoms with Crippen LogP contribution < -0.4 is 0 Å². The average molecular weight is 429 g/mol. The Hall–Kier alpha value is -1.94. The third-order valence-electron chi connectivity index (χ3n) is 6.33. The zero-order chi connectivity index (χ0) is 21.5. The molecule has 1 N–H and O–H groups in total. The molecule has 1 heterocycles. The number of hydrogen-bond acceptors (Lipinski definition) is 4. The molecule has 4 rings (SSSR count). The molecule has 2 aromatic carbocycles. The molecule has 0 aromatic heterocycles. The summed E-state index contributed by atoms with van der Waals surface area (Å²) in [5.74, 6) is -1.07. The highest BCUT2D eigenvalue weighted by atomic mass is 32.2. The summed E-state index contributed by atoms with van der Waals surface area (Å²) in [6.45, 7) is 4.02. The van der Waals surface area contributed by atoms with Crippen molar-refractivity contribution in [1.82, 2.24) is 4.31 Å². The van der Waals surface area contributed by atoms with Gasteiger partial charge in [-0.2, -0.15) is 5.26 Å². The normalized spacial score (nSPS) is 31.7. The minimum absolute atomic E-state index is 0.0549. The Kier molecular flexibility index (Phi) is 5.65. The number of rotatable bonds is 4. The molecule has 0 amide bonds. The Bertz CT molecular complexity index is 965. The lowest BCUT2D eigenvalue weighted by molar-refractivity contribution is -0.0566. The molecule has 2 fully saturated rings. The van der Waals surface area contributed by atoms with Crippen molar-refractivity contribution < 1.29 is 13.9 Å². The van der Waals surface area contributed by atoms with Gasteiger partial charge in [-0.1, -0.05) is 42.3 Å². The molecule has 1 saturated carbocycles. The standard InChI is InChI=1S/C24H26F2N2OS/c1-16-8-9-22(17-6-4-3-5-7-17)30-28(16)12-18-10-21(26)19(11-20(18)25)24(15-27)13-23(2,29)14-24/h3-7,10-11,16,22,29H,8-9,12-14H2,1-2H3/t16-,22?,23?,24?/m0/s1. The second-order valence-electron chi connectivity index (χ2n) is 8.97. The molecule has 6 heteroatoms. The van der Waals surface area contributed by atoms with Crippen LogP contribution in [0, 0.1) is 23.0 Å². The summed E-state index contributed by atoms with van der Waals surface area (Å²) < 4.78 is 32.1. The van der Waals surface area contributed by atoms with Crippen molar-refractivity contribution in [1.29, 1.82) is 5.26 Å². The summed E-state index contributed by atoms with van der Waals surface area (Å²) in [5, 5.41) is 19.9. The Balaban J connectivity index is 1.55. The van der Waals surface area contributed by atoms with E-state index in [2.05, 4.69) is 29.4 Å². The van der Waals surface area contributed by atoms with Gasteiger partial charge in [0, 0.05) is 29.0 Å². The number of benzene rings is 2. The van der Waals surface area contributed by atoms with Crippen LogP contribution in [0.4, 0.5) is 8.78 Å². The molecular weight excluding hydrogens is 402 g/mol. The maximum absolute atomic E-state index is 15.0. The van der Waals surface area contributed by atoms with Crippen LogP contribution in [-0.2, 0) is 12.0 Å². The van der Waals surface area contributed by atoms with Gasteiger partial charge in [-0.05, 0) is 57.2 Å². The van der Waals surface area contributed by atoms with Gasteiger partial charge in [0.05, 0.1) is 17.1 Å². The van der Waals surface area contributed by atoms with Crippen molar-refractivity contribution in [2.24, 2.45) is 0 Å². The van der Waals surface area contributed by atoms with Crippen molar-refractivity contribution in [2.45, 2.75) is 68.4 Å². The first-order valence-electron chi connectivity index (χ1n) is 10.3. The van der Waals surface area contributed by atoms with E-state index in [0.717, 1.165) is 18.9 Å². The van der Waals surface area contributed by atoms with Gasteiger partial charge in [-0.3, -0.25) is 0 Å². The zero-order valence-corrected chi connectivity index (χ0v) is 18.1. The van der Waals surface area contributed by atoms with Gasteiger partial charge >= 0.3 is 0 Å². The lowest BCUT2D eigenvalue weighted by Crippen LogP contribution is -2.52. The van der Waals surface area contributed by atoms with E-state index >= 15 is 0 Å². The second kappa shape index (κ2) is 7.96. The molecule has 1 saturated heterocycles. The van der Waals surface area contributed by atoms with Crippen LogP contribution in [0.15, 0.2) is 42.5 Å². The van der Waals surface area contributed by atoms with Crippen molar-refractivity contribution in [2.75, 3.05) is 0 Å². The molecular formula is C24H26F2N2OS. The average Bonchev–Trinajstić information content (AvgIpc) is 2.70. The highest BCUT2D eigenvalue weighted by Crippen LogP contribution is 2.51. The van der Waals surface area contributed by atoms with Gasteiger partial charge in [-0.25, -0.2) is 13.1 Å². The fourth-order valence-corrected chi connectivity index (χ4v) is 6.14. The van der Waals surface area contributed by atoms with Gasteiger partial charge in [0.25, 0.3) is 0 Å². The Morgan fingerprint density at radius 3 is 2.50 bits per heavy atom. The molecule has 0 bridgehead atoms. The molecule has 2 atom stereocenters. The maximum Gasteiger partial charge on any atom is 0.128 e. The van der Waals surface area contributed by atoms with Crippen LogP contribution in [0.3, 0.4) is 0 Å². The number of hydrogen-bond donors (Lipinski definition) is 1. The van der Waals surface area contributed by atoms with Gasteiger partial charge in [0.2, 0.25) is 0 Å². The fraction of sp³-hybridized carbons (Fsp3) is 0.458. The zero-order valence-electron chi connectivity index (χ0n) is 17.2. The summed E-state index contributed by atoms with van der Waals surface area (Å²) in [6.07, 6.45) is 2.27. The van der Waals surface area contributed by atoms with Gasteiger partial charge in [0.1, 0.15) is 11.6 Å². The molecule has 0 radical (unpaired) electrons. The third kappa shape index (κ3) is 3.99. The molecule has 30 heavy (non-hydrogen) atoms. The molecule has 0 spiro atoms. The van der Waals surface area contributed by atoms with E-state index in [-0.39, 0.29) is 24.4 Å². The minimum Gasteiger partial charge on any atom is -0.390 e. The summed E-state index contributed by atoms with van der Waals surface area (Å²) in [4.78, 5) is 0. The summed E-state index contributed by atoms with van der Waals surface area (Å²) in [5.41, 5.74) is -0.570. The van der Waals surface area contributed by atoms with Crippen LogP contribution in [0.25, 0.3) is 0 Å². The first-order chi connectivity index (χ1) is 14.2. The van der Waals surface area contributed by atoms with E-state index in [0.29, 0.717) is 17.4 Å². The predicted molar refractivity (Wildman–Crippen MR) is 115 cm³/mol. The van der Waals surface area contributed by atoms with Crippen LogP contribution >= 0.6 is 11.9 Å². The Morgan fingerprint density at radius 2 is 1.87 bits per heavy atom. The molecule has 3 nitrogen and oxygen atoms in total. The maximum atomic E-state index is 15.0. The van der Waals surface area contributed by atoms with Gasteiger partial charge < -0.3 is 5.11 Å². The summed E-state index contributed by atoms with van der Waals surface area (Å²) in [6, 6.07) is 15.0. The smallest absolute Gasteiger partial charge is 0.128 e. The highest BCUT2D eigenvalue weighted by molar-refractivity contribution is 7.97. The quantitative estimate of drug-likeness (QED) is 0.640. The van der Waals surface area contributed by atoms with E-state index in [1.165, 1.54) is 11.6 Å². The fourth-order valence-electron chi connectivity index (χ4n) is 4.77. The van der Waals surface area contributed by atoms with E-state index in [1.807, 2.05) is 18.2 Å². The third-order valence-corrected chi connectivity index (χ3v) is 7.85. The van der Waals surface area contributed by atoms with E-state index in [4.69, 9.17) is 0 Å². The lowest BCUT2D eigenvalue weighted by atomic mass is 9.57. The summed E-state index contributed by atoms with van der Waals surface area (Å²) >= 11 is 1.69. The number of nitriles is 1. The molecule has 2 aromatic rings. The monoisotopic (exact) mass is 428 g/mol. The van der Waals surface area contributed by atoms with Crippen LogP contribution in [0.1, 0.15) is 61.5 Å². The van der Waals surface area contributed by atoms with Crippen LogP contribution in [-0.4, -0.2) is 21.1 Å². The minimum atomic E-state index is -1.15. The van der Waals surface area contributed by atoms with Crippen molar-refractivity contribution in [3.8, 4) is 6.07 Å². The Labute approximate surface area is 180 Å². The van der Waals surface area contributed by atoms with Crippen molar-refractivity contribution in [3.05, 3.63) is 70.8 Å². The molecule has 2 aliphatic rings. The van der Waals surface area contributed by atoms with Crippen molar-refractivity contribution in [3.63, 3.8) is 0 Å². The summed E-state index contributed by atoms with van der Waals surface area (Å²) in [7, 11) is 0. The molecule has 158 valence electrons. The van der Waals surface area contributed by atoms with Crippen molar-refractivity contribution >= 4 is 11.9 Å². The van der Waals surface area contributed by atoms with Gasteiger partial charge in [0.15, 0.2) is 0 Å². The first kappa shape index (κ1) is 21.3. The highest BCUT2D eigenvalue weighted by Gasteiger charge is 2.54. The van der Waals surface area contributed by atoms with E-state index in [1.54, 1.807) is 18.9 Å². The second-order valence-corrected chi connectivity index (χ2v) is 10.2. The van der Waals surface area contributed by atoms with E-state index < -0.39 is 22.7 Å². The number of nitrogens with zero attached hydrogens (tertiary/aromatic N) is 2. The SMILES string of the molecule is C[C@H]1CCC(c2ccccc2)SN1Cc1cc(F)c(C2(C#N)CC(C)(O)C2)cc1F. The molecule has 1 unspecified atom stereocenters. The number of halogens is 2. The molecule has 1 aliphatic carbocycles. The topological polar surface area (TPSA) is 47.3 Å². The largest absolute Gasteiger partial charge is 0.390 e. The lowest BCUT2D eigenvalue weighted by Gasteiger charge is -2.47. The van der Waals surface area contributed by atoms with Crippen LogP contribution in [0.5, 0.6) is 0 Å². The van der Waals surface area contributed by atoms with Crippen LogP contribution in [0.2, 0.25) is 0 Å². The van der Waals surface area contributed by atoms with E-state index in [9.17, 15) is 19.1 Å². The number of aliphatic hydroxyl groups is 1. The Morgan fingerprint density at radius 1 is 1.17 bits per heavy atom. The predicted octanol–water partition coefficient (Wildman–Crippen LogP) is 5.64. The molecule has 1 aliphatic heterocycles.